The zero-order chi connectivity index (χ0) is 12.0. The van der Waals surface area contributed by atoms with E-state index in [0.29, 0.717) is 6.54 Å². The Morgan fingerprint density at radius 2 is 2.06 bits per heavy atom. The molecule has 0 aliphatic carbocycles. The molecular formula is C11H21N5. The first-order chi connectivity index (χ1) is 7.65. The van der Waals surface area contributed by atoms with E-state index in [4.69, 9.17) is 5.73 Å². The number of nitrogens with zero attached hydrogens (tertiary/aromatic N) is 4. The molecular weight excluding hydrogens is 202 g/mol. The van der Waals surface area contributed by atoms with E-state index in [2.05, 4.69) is 40.9 Å². The summed E-state index contributed by atoms with van der Waals surface area (Å²) < 4.78 is 0. The Balaban J connectivity index is 2.60. The van der Waals surface area contributed by atoms with Crippen LogP contribution in [0.4, 0.5) is 0 Å². The molecule has 1 atom stereocenters. The van der Waals surface area contributed by atoms with E-state index >= 15 is 0 Å². The predicted octanol–water partition coefficient (Wildman–Crippen LogP) is -0.0302. The van der Waals surface area contributed by atoms with E-state index < -0.39 is 0 Å². The second kappa shape index (κ2) is 6.52. The van der Waals surface area contributed by atoms with Gasteiger partial charge in [0.1, 0.15) is 6.33 Å². The minimum atomic E-state index is 0.169. The lowest BCUT2D eigenvalue weighted by Crippen LogP contribution is -2.35. The smallest absolute Gasteiger partial charge is 0.115 e. The van der Waals surface area contributed by atoms with Crippen molar-refractivity contribution in [3.05, 3.63) is 24.3 Å². The van der Waals surface area contributed by atoms with E-state index in [1.807, 2.05) is 6.07 Å². The number of hydrogen-bond donors (Lipinski definition) is 1. The van der Waals surface area contributed by atoms with Gasteiger partial charge in [-0.25, -0.2) is 9.97 Å². The van der Waals surface area contributed by atoms with Crippen LogP contribution in [-0.2, 0) is 0 Å². The van der Waals surface area contributed by atoms with E-state index in [0.717, 1.165) is 18.8 Å². The Bertz CT molecular complexity index is 288. The summed E-state index contributed by atoms with van der Waals surface area (Å²) in [6.07, 6.45) is 3.32. The zero-order valence-corrected chi connectivity index (χ0v) is 10.3. The Kier molecular flexibility index (Phi) is 5.31. The Labute approximate surface area is 97.3 Å². The molecule has 2 N–H and O–H groups in total. The molecule has 1 aromatic heterocycles. The van der Waals surface area contributed by atoms with Gasteiger partial charge in [-0.15, -0.1) is 0 Å². The van der Waals surface area contributed by atoms with Crippen molar-refractivity contribution >= 4 is 0 Å². The molecule has 0 aromatic carbocycles. The van der Waals surface area contributed by atoms with E-state index in [-0.39, 0.29) is 6.04 Å². The molecule has 0 aliphatic rings. The first-order valence-electron chi connectivity index (χ1n) is 5.46. The van der Waals surface area contributed by atoms with Crippen molar-refractivity contribution in [3.8, 4) is 0 Å². The van der Waals surface area contributed by atoms with Crippen molar-refractivity contribution in [1.29, 1.82) is 0 Å². The topological polar surface area (TPSA) is 58.3 Å². The molecule has 0 amide bonds. The molecule has 0 saturated heterocycles. The lowest BCUT2D eigenvalue weighted by atomic mass is 10.2. The minimum absolute atomic E-state index is 0.169. The third-order valence-corrected chi connectivity index (χ3v) is 2.60. The van der Waals surface area contributed by atoms with E-state index in [1.165, 1.54) is 0 Å². The van der Waals surface area contributed by atoms with Gasteiger partial charge in [0.15, 0.2) is 0 Å². The van der Waals surface area contributed by atoms with Crippen LogP contribution in [0.2, 0.25) is 0 Å². The number of likely N-dealkylation sites (N-methyl/N-ethyl adjacent to an activating group) is 2. The number of aromatic nitrogens is 2. The Morgan fingerprint density at radius 1 is 1.31 bits per heavy atom. The van der Waals surface area contributed by atoms with Crippen LogP contribution in [-0.4, -0.2) is 60.5 Å². The molecule has 1 rings (SSSR count). The fourth-order valence-electron chi connectivity index (χ4n) is 1.54. The summed E-state index contributed by atoms with van der Waals surface area (Å²) in [5.41, 5.74) is 6.78. The number of rotatable bonds is 6. The molecule has 0 saturated carbocycles. The van der Waals surface area contributed by atoms with Crippen LogP contribution in [0.15, 0.2) is 18.6 Å². The molecule has 16 heavy (non-hydrogen) atoms. The maximum Gasteiger partial charge on any atom is 0.115 e. The van der Waals surface area contributed by atoms with Crippen molar-refractivity contribution in [2.24, 2.45) is 5.73 Å². The van der Waals surface area contributed by atoms with Crippen molar-refractivity contribution < 1.29 is 0 Å². The lowest BCUT2D eigenvalue weighted by Gasteiger charge is -2.27. The second-order valence-electron chi connectivity index (χ2n) is 4.17. The number of nitrogens with two attached hydrogens (primary N) is 1. The van der Waals surface area contributed by atoms with Gasteiger partial charge in [0.25, 0.3) is 0 Å². The van der Waals surface area contributed by atoms with Crippen LogP contribution in [0.1, 0.15) is 11.7 Å². The fourth-order valence-corrected chi connectivity index (χ4v) is 1.54. The van der Waals surface area contributed by atoms with Gasteiger partial charge in [-0.1, -0.05) is 0 Å². The molecule has 0 bridgehead atoms. The average molecular weight is 223 g/mol. The van der Waals surface area contributed by atoms with Crippen molar-refractivity contribution in [3.63, 3.8) is 0 Å². The number of hydrogen-bond acceptors (Lipinski definition) is 5. The van der Waals surface area contributed by atoms with Crippen molar-refractivity contribution in [2.45, 2.75) is 6.04 Å². The van der Waals surface area contributed by atoms with Crippen LogP contribution < -0.4 is 5.73 Å². The maximum atomic E-state index is 5.80. The van der Waals surface area contributed by atoms with Gasteiger partial charge in [-0.3, -0.25) is 4.90 Å². The van der Waals surface area contributed by atoms with Crippen LogP contribution in [0.5, 0.6) is 0 Å². The van der Waals surface area contributed by atoms with Gasteiger partial charge in [0.2, 0.25) is 0 Å². The summed E-state index contributed by atoms with van der Waals surface area (Å²) in [5, 5.41) is 0. The van der Waals surface area contributed by atoms with Crippen molar-refractivity contribution in [2.75, 3.05) is 40.8 Å². The molecule has 1 heterocycles. The van der Waals surface area contributed by atoms with Gasteiger partial charge in [-0.05, 0) is 27.2 Å². The molecule has 0 radical (unpaired) electrons. The first-order valence-corrected chi connectivity index (χ1v) is 5.46. The van der Waals surface area contributed by atoms with Gasteiger partial charge in [0.05, 0.1) is 11.7 Å². The summed E-state index contributed by atoms with van der Waals surface area (Å²) in [6, 6.07) is 2.09. The third kappa shape index (κ3) is 3.84. The van der Waals surface area contributed by atoms with Crippen LogP contribution >= 0.6 is 0 Å². The van der Waals surface area contributed by atoms with Crippen molar-refractivity contribution in [1.82, 2.24) is 19.8 Å². The highest BCUT2D eigenvalue weighted by Gasteiger charge is 2.16. The quantitative estimate of drug-likeness (QED) is 0.734. The fraction of sp³-hybridized carbons (Fsp3) is 0.636. The predicted molar refractivity (Wildman–Crippen MR) is 65.0 cm³/mol. The molecule has 0 fully saturated rings. The SMILES string of the molecule is CN(C)CCN(C)C(CN)c1ccncn1. The minimum Gasteiger partial charge on any atom is -0.329 e. The first kappa shape index (κ1) is 13.0. The molecule has 5 nitrogen and oxygen atoms in total. The zero-order valence-electron chi connectivity index (χ0n) is 10.3. The standard InChI is InChI=1S/C11H21N5/c1-15(2)6-7-16(3)11(8-12)10-4-5-13-9-14-10/h4-5,9,11H,6-8,12H2,1-3H3. The second-order valence-corrected chi connectivity index (χ2v) is 4.17. The van der Waals surface area contributed by atoms with Crippen LogP contribution in [0.25, 0.3) is 0 Å². The van der Waals surface area contributed by atoms with Crippen LogP contribution in [0.3, 0.4) is 0 Å². The highest BCUT2D eigenvalue weighted by Crippen LogP contribution is 2.14. The highest BCUT2D eigenvalue weighted by atomic mass is 15.2. The summed E-state index contributed by atoms with van der Waals surface area (Å²) in [6.45, 7) is 2.55. The summed E-state index contributed by atoms with van der Waals surface area (Å²) in [4.78, 5) is 12.5. The van der Waals surface area contributed by atoms with E-state index in [1.54, 1.807) is 12.5 Å². The molecule has 1 aromatic rings. The van der Waals surface area contributed by atoms with Crippen LogP contribution in [0, 0.1) is 0 Å². The van der Waals surface area contributed by atoms with Gasteiger partial charge >= 0.3 is 0 Å². The molecule has 90 valence electrons. The average Bonchev–Trinajstić information content (AvgIpc) is 2.29. The third-order valence-electron chi connectivity index (χ3n) is 2.60. The normalized spacial score (nSPS) is 13.4. The summed E-state index contributed by atoms with van der Waals surface area (Å²) in [7, 11) is 6.20. The summed E-state index contributed by atoms with van der Waals surface area (Å²) in [5.74, 6) is 0. The summed E-state index contributed by atoms with van der Waals surface area (Å²) >= 11 is 0. The van der Waals surface area contributed by atoms with Gasteiger partial charge < -0.3 is 10.6 Å². The molecule has 0 aliphatic heterocycles. The molecule has 0 spiro atoms. The lowest BCUT2D eigenvalue weighted by molar-refractivity contribution is 0.219. The molecule has 1 unspecified atom stereocenters. The monoisotopic (exact) mass is 223 g/mol. The Hall–Kier alpha value is -1.04. The van der Waals surface area contributed by atoms with Gasteiger partial charge in [0, 0.05) is 25.8 Å². The van der Waals surface area contributed by atoms with Gasteiger partial charge in [-0.2, -0.15) is 0 Å². The Morgan fingerprint density at radius 3 is 2.56 bits per heavy atom. The molecule has 5 heteroatoms. The highest BCUT2D eigenvalue weighted by molar-refractivity contribution is 5.05. The largest absolute Gasteiger partial charge is 0.329 e. The van der Waals surface area contributed by atoms with E-state index in [9.17, 15) is 0 Å². The maximum absolute atomic E-state index is 5.80.